The van der Waals surface area contributed by atoms with E-state index in [2.05, 4.69) is 0 Å². The molecule has 0 radical (unpaired) electrons. The van der Waals surface area contributed by atoms with Crippen molar-refractivity contribution in [2.24, 2.45) is 0 Å². The number of esters is 1. The highest BCUT2D eigenvalue weighted by Crippen LogP contribution is 2.47. The number of phenolic OH excluding ortho intramolecular Hbond substituents is 2. The number of cyclic esters (lactones) is 1. The maximum Gasteiger partial charge on any atom is 0.332 e. The smallest absolute Gasteiger partial charge is 0.332 e. The standard InChI is InChI=1S/C16H9ClI2O4/c17-9-3-1-8(2-4-9)16(6-5-12(20)23-16)10-7-11(18)15(22)13(19)14(10)21/h1-7,21-22H. The van der Waals surface area contributed by atoms with Gasteiger partial charge >= 0.3 is 5.97 Å². The highest BCUT2D eigenvalue weighted by atomic mass is 127. The van der Waals surface area contributed by atoms with E-state index < -0.39 is 11.6 Å². The van der Waals surface area contributed by atoms with Gasteiger partial charge in [0.15, 0.2) is 5.60 Å². The minimum absolute atomic E-state index is 0.00740. The van der Waals surface area contributed by atoms with Gasteiger partial charge in [-0.15, -0.1) is 0 Å². The molecular formula is C16H9ClI2O4. The van der Waals surface area contributed by atoms with Crippen molar-refractivity contribution in [1.29, 1.82) is 0 Å². The van der Waals surface area contributed by atoms with Gasteiger partial charge in [0.1, 0.15) is 11.5 Å². The molecule has 0 fully saturated rings. The van der Waals surface area contributed by atoms with Gasteiger partial charge in [-0.1, -0.05) is 23.7 Å². The quantitative estimate of drug-likeness (QED) is 0.429. The Morgan fingerprint density at radius 3 is 2.30 bits per heavy atom. The number of rotatable bonds is 2. The number of aromatic hydroxyl groups is 2. The second-order valence-corrected chi connectivity index (χ2v) is 7.59. The van der Waals surface area contributed by atoms with Crippen LogP contribution in [0.25, 0.3) is 0 Å². The van der Waals surface area contributed by atoms with Crippen LogP contribution < -0.4 is 0 Å². The lowest BCUT2D eigenvalue weighted by Gasteiger charge is -2.29. The zero-order chi connectivity index (χ0) is 16.8. The van der Waals surface area contributed by atoms with Crippen molar-refractivity contribution in [3.05, 3.63) is 65.8 Å². The summed E-state index contributed by atoms with van der Waals surface area (Å²) in [7, 11) is 0. The molecule has 23 heavy (non-hydrogen) atoms. The van der Waals surface area contributed by atoms with Crippen LogP contribution in [0.5, 0.6) is 11.5 Å². The predicted octanol–water partition coefficient (Wildman–Crippen LogP) is 4.32. The van der Waals surface area contributed by atoms with Crippen LogP contribution in [-0.2, 0) is 15.1 Å². The molecule has 1 heterocycles. The first-order valence-electron chi connectivity index (χ1n) is 6.44. The number of phenols is 2. The zero-order valence-corrected chi connectivity index (χ0v) is 16.5. The van der Waals surface area contributed by atoms with Gasteiger partial charge in [-0.2, -0.15) is 0 Å². The predicted molar refractivity (Wildman–Crippen MR) is 103 cm³/mol. The third kappa shape index (κ3) is 2.80. The Hall–Kier alpha value is -1.000. The van der Waals surface area contributed by atoms with Crippen molar-refractivity contribution in [2.75, 3.05) is 0 Å². The van der Waals surface area contributed by atoms with Gasteiger partial charge in [0.2, 0.25) is 0 Å². The maximum absolute atomic E-state index is 11.8. The number of ether oxygens (including phenoxy) is 1. The molecule has 1 aliphatic heterocycles. The van der Waals surface area contributed by atoms with Crippen molar-refractivity contribution in [1.82, 2.24) is 0 Å². The molecule has 7 heteroatoms. The van der Waals surface area contributed by atoms with E-state index in [1.54, 1.807) is 36.4 Å². The van der Waals surface area contributed by atoms with Gasteiger partial charge < -0.3 is 14.9 Å². The topological polar surface area (TPSA) is 66.8 Å². The van der Waals surface area contributed by atoms with Gasteiger partial charge in [0.25, 0.3) is 0 Å². The number of hydrogen-bond donors (Lipinski definition) is 2. The number of carbonyl (C=O) groups excluding carboxylic acids is 1. The average Bonchev–Trinajstić information content (AvgIpc) is 2.92. The molecule has 118 valence electrons. The molecule has 1 atom stereocenters. The van der Waals surface area contributed by atoms with E-state index in [1.807, 2.05) is 45.2 Å². The Morgan fingerprint density at radius 2 is 1.74 bits per heavy atom. The summed E-state index contributed by atoms with van der Waals surface area (Å²) < 4.78 is 6.40. The number of halogens is 3. The number of carbonyl (C=O) groups is 1. The average molecular weight is 555 g/mol. The van der Waals surface area contributed by atoms with Gasteiger partial charge in [0, 0.05) is 22.2 Å². The normalized spacial score (nSPS) is 19.9. The molecule has 1 aliphatic rings. The second-order valence-electron chi connectivity index (χ2n) is 4.91. The molecule has 3 rings (SSSR count). The van der Waals surface area contributed by atoms with Crippen LogP contribution in [0, 0.1) is 7.14 Å². The first-order chi connectivity index (χ1) is 10.8. The van der Waals surface area contributed by atoms with Crippen LogP contribution in [0.2, 0.25) is 5.02 Å². The lowest BCUT2D eigenvalue weighted by Crippen LogP contribution is -2.27. The number of hydrogen-bond acceptors (Lipinski definition) is 4. The largest absolute Gasteiger partial charge is 0.506 e. The lowest BCUT2D eigenvalue weighted by molar-refractivity contribution is -0.143. The number of benzene rings is 2. The van der Waals surface area contributed by atoms with Gasteiger partial charge in [0.05, 0.1) is 7.14 Å². The van der Waals surface area contributed by atoms with Gasteiger partial charge in [-0.3, -0.25) is 0 Å². The van der Waals surface area contributed by atoms with Gasteiger partial charge in [-0.25, -0.2) is 4.79 Å². The molecule has 0 aliphatic carbocycles. The second kappa shape index (κ2) is 6.14. The van der Waals surface area contributed by atoms with Crippen LogP contribution in [0.15, 0.2) is 42.5 Å². The molecule has 1 unspecified atom stereocenters. The van der Waals surface area contributed by atoms with Crippen LogP contribution >= 0.6 is 56.8 Å². The van der Waals surface area contributed by atoms with E-state index in [0.717, 1.165) is 0 Å². The fourth-order valence-corrected chi connectivity index (χ4v) is 4.25. The van der Waals surface area contributed by atoms with E-state index >= 15 is 0 Å². The van der Waals surface area contributed by atoms with Crippen LogP contribution in [0.4, 0.5) is 0 Å². The molecule has 0 saturated carbocycles. The summed E-state index contributed by atoms with van der Waals surface area (Å²) in [6.07, 6.45) is 2.91. The summed E-state index contributed by atoms with van der Waals surface area (Å²) in [6, 6.07) is 8.44. The molecule has 2 aromatic rings. The molecule has 4 nitrogen and oxygen atoms in total. The molecule has 0 amide bonds. The Morgan fingerprint density at radius 1 is 1.09 bits per heavy atom. The zero-order valence-electron chi connectivity index (χ0n) is 11.4. The summed E-state index contributed by atoms with van der Waals surface area (Å²) in [6.45, 7) is 0. The van der Waals surface area contributed by atoms with E-state index in [9.17, 15) is 15.0 Å². The Balaban J connectivity index is 2.29. The van der Waals surface area contributed by atoms with E-state index in [4.69, 9.17) is 16.3 Å². The van der Waals surface area contributed by atoms with Crippen LogP contribution in [-0.4, -0.2) is 16.2 Å². The van der Waals surface area contributed by atoms with Crippen molar-refractivity contribution in [2.45, 2.75) is 5.60 Å². The summed E-state index contributed by atoms with van der Waals surface area (Å²) in [5.41, 5.74) is -0.218. The molecule has 2 N–H and O–H groups in total. The fraction of sp³-hybridized carbons (Fsp3) is 0.0625. The molecule has 2 aromatic carbocycles. The third-order valence-corrected chi connectivity index (χ3v) is 5.65. The SMILES string of the molecule is O=C1C=CC(c2ccc(Cl)cc2)(c2cc(I)c(O)c(I)c2O)O1. The summed E-state index contributed by atoms with van der Waals surface area (Å²) in [5, 5.41) is 21.0. The first-order valence-corrected chi connectivity index (χ1v) is 8.97. The molecule has 0 aromatic heterocycles. The van der Waals surface area contributed by atoms with E-state index in [0.29, 0.717) is 23.3 Å². The molecule has 0 spiro atoms. The molecule has 0 saturated heterocycles. The highest BCUT2D eigenvalue weighted by Gasteiger charge is 2.42. The highest BCUT2D eigenvalue weighted by molar-refractivity contribution is 14.1. The first kappa shape index (κ1) is 16.8. The lowest BCUT2D eigenvalue weighted by atomic mass is 9.86. The minimum Gasteiger partial charge on any atom is -0.506 e. The van der Waals surface area contributed by atoms with Crippen molar-refractivity contribution >= 4 is 62.8 Å². The van der Waals surface area contributed by atoms with Crippen LogP contribution in [0.3, 0.4) is 0 Å². The third-order valence-electron chi connectivity index (χ3n) is 3.56. The monoisotopic (exact) mass is 554 g/mol. The summed E-state index contributed by atoms with van der Waals surface area (Å²) in [4.78, 5) is 11.8. The van der Waals surface area contributed by atoms with Crippen molar-refractivity contribution < 1.29 is 19.7 Å². The maximum atomic E-state index is 11.8. The molecular weight excluding hydrogens is 545 g/mol. The Labute approximate surface area is 164 Å². The fourth-order valence-electron chi connectivity index (χ4n) is 2.45. The Bertz CT molecular complexity index is 833. The van der Waals surface area contributed by atoms with Crippen LogP contribution in [0.1, 0.15) is 11.1 Å². The van der Waals surface area contributed by atoms with Crippen molar-refractivity contribution in [3.8, 4) is 11.5 Å². The van der Waals surface area contributed by atoms with Gasteiger partial charge in [-0.05, 0) is 69.5 Å². The van der Waals surface area contributed by atoms with Crippen molar-refractivity contribution in [3.63, 3.8) is 0 Å². The van der Waals surface area contributed by atoms with E-state index in [-0.39, 0.29) is 11.5 Å². The van der Waals surface area contributed by atoms with E-state index in [1.165, 1.54) is 6.08 Å². The Kier molecular flexibility index (Phi) is 4.49. The minimum atomic E-state index is -1.25. The molecule has 0 bridgehead atoms. The summed E-state index contributed by atoms with van der Waals surface area (Å²) >= 11 is 9.75. The summed E-state index contributed by atoms with van der Waals surface area (Å²) in [5.74, 6) is -0.637.